The van der Waals surface area contributed by atoms with E-state index in [-0.39, 0.29) is 17.5 Å². The summed E-state index contributed by atoms with van der Waals surface area (Å²) in [5, 5.41) is 0. The zero-order valence-corrected chi connectivity index (χ0v) is 10.7. The Morgan fingerprint density at radius 1 is 1.29 bits per heavy atom. The molecule has 1 aliphatic rings. The summed E-state index contributed by atoms with van der Waals surface area (Å²) >= 11 is 0. The SMILES string of the molecule is Cc1cc(C)c(F)c(C2CC(=O)CCC2C)c1. The van der Waals surface area contributed by atoms with E-state index in [1.165, 1.54) is 0 Å². The second-order valence-electron chi connectivity index (χ2n) is 5.35. The predicted molar refractivity (Wildman–Crippen MR) is 66.6 cm³/mol. The van der Waals surface area contributed by atoms with Crippen molar-refractivity contribution in [3.05, 3.63) is 34.6 Å². The molecule has 2 atom stereocenters. The van der Waals surface area contributed by atoms with Gasteiger partial charge in [0, 0.05) is 12.8 Å². The standard InChI is InChI=1S/C15H19FO/c1-9-6-11(3)15(16)14(7-9)13-8-12(17)5-4-10(13)2/h6-7,10,13H,4-5,8H2,1-3H3. The first-order chi connectivity index (χ1) is 7.99. The third-order valence-corrected chi connectivity index (χ3v) is 3.84. The molecule has 0 spiro atoms. The summed E-state index contributed by atoms with van der Waals surface area (Å²) in [5.41, 5.74) is 2.50. The van der Waals surface area contributed by atoms with Gasteiger partial charge in [-0.05, 0) is 43.2 Å². The van der Waals surface area contributed by atoms with Crippen molar-refractivity contribution in [2.45, 2.75) is 46.0 Å². The summed E-state index contributed by atoms with van der Waals surface area (Å²) in [6.07, 6.45) is 2.04. The molecule has 0 heterocycles. The van der Waals surface area contributed by atoms with E-state index < -0.39 is 0 Å². The molecule has 0 saturated heterocycles. The van der Waals surface area contributed by atoms with Crippen molar-refractivity contribution < 1.29 is 9.18 Å². The molecule has 1 saturated carbocycles. The van der Waals surface area contributed by atoms with Crippen molar-refractivity contribution in [2.75, 3.05) is 0 Å². The molecule has 1 fully saturated rings. The number of ketones is 1. The Labute approximate surface area is 102 Å². The molecule has 0 aromatic heterocycles. The largest absolute Gasteiger partial charge is 0.300 e. The normalized spacial score (nSPS) is 25.1. The van der Waals surface area contributed by atoms with Crippen LogP contribution in [0.4, 0.5) is 4.39 Å². The zero-order chi connectivity index (χ0) is 12.6. The first-order valence-electron chi connectivity index (χ1n) is 6.27. The fraction of sp³-hybridized carbons (Fsp3) is 0.533. The third-order valence-electron chi connectivity index (χ3n) is 3.84. The lowest BCUT2D eigenvalue weighted by molar-refractivity contribution is -0.121. The molecule has 0 bridgehead atoms. The Morgan fingerprint density at radius 2 is 2.00 bits per heavy atom. The van der Waals surface area contributed by atoms with E-state index in [9.17, 15) is 9.18 Å². The summed E-state index contributed by atoms with van der Waals surface area (Å²) in [6.45, 7) is 5.89. The zero-order valence-electron chi connectivity index (χ0n) is 10.7. The second kappa shape index (κ2) is 4.59. The number of carbonyl (C=O) groups excluding carboxylic acids is 1. The van der Waals surface area contributed by atoms with Gasteiger partial charge in [0.1, 0.15) is 11.6 Å². The average molecular weight is 234 g/mol. The maximum Gasteiger partial charge on any atom is 0.133 e. The molecule has 1 nitrogen and oxygen atoms in total. The summed E-state index contributed by atoms with van der Waals surface area (Å²) < 4.78 is 14.2. The van der Waals surface area contributed by atoms with Crippen LogP contribution in [0.15, 0.2) is 12.1 Å². The number of Topliss-reactive ketones (excluding diaryl/α,β-unsaturated/α-hetero) is 1. The first-order valence-corrected chi connectivity index (χ1v) is 6.27. The molecular weight excluding hydrogens is 215 g/mol. The van der Waals surface area contributed by atoms with E-state index >= 15 is 0 Å². The molecule has 1 aromatic carbocycles. The second-order valence-corrected chi connectivity index (χ2v) is 5.35. The molecular formula is C15H19FO. The van der Waals surface area contributed by atoms with Gasteiger partial charge in [-0.1, -0.05) is 24.6 Å². The Bertz CT molecular complexity index is 450. The van der Waals surface area contributed by atoms with Gasteiger partial charge in [-0.15, -0.1) is 0 Å². The van der Waals surface area contributed by atoms with E-state index in [1.54, 1.807) is 6.92 Å². The fourth-order valence-electron chi connectivity index (χ4n) is 2.81. The lowest BCUT2D eigenvalue weighted by Crippen LogP contribution is -2.22. The predicted octanol–water partition coefficient (Wildman–Crippen LogP) is 3.92. The fourth-order valence-corrected chi connectivity index (χ4v) is 2.81. The molecule has 0 radical (unpaired) electrons. The number of hydrogen-bond donors (Lipinski definition) is 0. The van der Waals surface area contributed by atoms with Gasteiger partial charge >= 0.3 is 0 Å². The first kappa shape index (κ1) is 12.3. The minimum absolute atomic E-state index is 0.0647. The highest BCUT2D eigenvalue weighted by atomic mass is 19.1. The van der Waals surface area contributed by atoms with Crippen LogP contribution < -0.4 is 0 Å². The highest BCUT2D eigenvalue weighted by Crippen LogP contribution is 2.38. The van der Waals surface area contributed by atoms with Gasteiger partial charge in [0.2, 0.25) is 0 Å². The van der Waals surface area contributed by atoms with E-state index in [4.69, 9.17) is 0 Å². The number of benzene rings is 1. The van der Waals surface area contributed by atoms with Crippen molar-refractivity contribution in [3.63, 3.8) is 0 Å². The van der Waals surface area contributed by atoms with Crippen LogP contribution >= 0.6 is 0 Å². The van der Waals surface area contributed by atoms with Crippen LogP contribution in [0.25, 0.3) is 0 Å². The molecule has 0 amide bonds. The third kappa shape index (κ3) is 2.41. The van der Waals surface area contributed by atoms with Gasteiger partial charge in [-0.25, -0.2) is 4.39 Å². The van der Waals surface area contributed by atoms with E-state index in [0.29, 0.717) is 24.3 Å². The van der Waals surface area contributed by atoms with Crippen LogP contribution in [-0.2, 0) is 4.79 Å². The molecule has 0 aliphatic heterocycles. The Hall–Kier alpha value is -1.18. The average Bonchev–Trinajstić information content (AvgIpc) is 2.27. The monoisotopic (exact) mass is 234 g/mol. The smallest absolute Gasteiger partial charge is 0.133 e. The summed E-state index contributed by atoms with van der Waals surface area (Å²) in [7, 11) is 0. The number of carbonyl (C=O) groups is 1. The van der Waals surface area contributed by atoms with Gasteiger partial charge in [0.25, 0.3) is 0 Å². The van der Waals surface area contributed by atoms with Gasteiger partial charge in [0.15, 0.2) is 0 Å². The highest BCUT2D eigenvalue weighted by molar-refractivity contribution is 5.80. The Morgan fingerprint density at radius 3 is 2.71 bits per heavy atom. The summed E-state index contributed by atoms with van der Waals surface area (Å²) in [5.74, 6) is 0.604. The van der Waals surface area contributed by atoms with Gasteiger partial charge in [-0.3, -0.25) is 4.79 Å². The summed E-state index contributed by atoms with van der Waals surface area (Å²) in [4.78, 5) is 11.6. The van der Waals surface area contributed by atoms with E-state index in [2.05, 4.69) is 6.92 Å². The van der Waals surface area contributed by atoms with Crippen LogP contribution in [-0.4, -0.2) is 5.78 Å². The highest BCUT2D eigenvalue weighted by Gasteiger charge is 2.29. The number of rotatable bonds is 1. The van der Waals surface area contributed by atoms with Crippen molar-refractivity contribution in [1.82, 2.24) is 0 Å². The molecule has 17 heavy (non-hydrogen) atoms. The number of hydrogen-bond acceptors (Lipinski definition) is 1. The minimum atomic E-state index is -0.123. The lowest BCUT2D eigenvalue weighted by Gasteiger charge is -2.29. The molecule has 2 unspecified atom stereocenters. The van der Waals surface area contributed by atoms with Gasteiger partial charge in [0.05, 0.1) is 0 Å². The summed E-state index contributed by atoms with van der Waals surface area (Å²) in [6, 6.07) is 3.76. The molecule has 2 heteroatoms. The maximum absolute atomic E-state index is 14.2. The van der Waals surface area contributed by atoms with Crippen molar-refractivity contribution in [2.24, 2.45) is 5.92 Å². The molecule has 1 aromatic rings. The minimum Gasteiger partial charge on any atom is -0.300 e. The van der Waals surface area contributed by atoms with Crippen molar-refractivity contribution >= 4 is 5.78 Å². The van der Waals surface area contributed by atoms with Crippen LogP contribution in [0.3, 0.4) is 0 Å². The van der Waals surface area contributed by atoms with Crippen LogP contribution in [0.5, 0.6) is 0 Å². The molecule has 92 valence electrons. The van der Waals surface area contributed by atoms with Gasteiger partial charge < -0.3 is 0 Å². The lowest BCUT2D eigenvalue weighted by atomic mass is 9.75. The van der Waals surface area contributed by atoms with Crippen molar-refractivity contribution in [3.8, 4) is 0 Å². The van der Waals surface area contributed by atoms with Crippen LogP contribution in [0.1, 0.15) is 48.8 Å². The Kier molecular flexibility index (Phi) is 3.32. The van der Waals surface area contributed by atoms with E-state index in [1.807, 2.05) is 19.1 Å². The van der Waals surface area contributed by atoms with Gasteiger partial charge in [-0.2, -0.15) is 0 Å². The molecule has 1 aliphatic carbocycles. The molecule has 0 N–H and O–H groups in total. The van der Waals surface area contributed by atoms with Crippen LogP contribution in [0, 0.1) is 25.6 Å². The van der Waals surface area contributed by atoms with Crippen LogP contribution in [0.2, 0.25) is 0 Å². The quantitative estimate of drug-likeness (QED) is 0.720. The van der Waals surface area contributed by atoms with E-state index in [0.717, 1.165) is 17.5 Å². The maximum atomic E-state index is 14.2. The number of halogens is 1. The number of aryl methyl sites for hydroxylation is 2. The molecule has 2 rings (SSSR count). The Balaban J connectivity index is 2.41. The van der Waals surface area contributed by atoms with Crippen molar-refractivity contribution in [1.29, 1.82) is 0 Å². The topological polar surface area (TPSA) is 17.1 Å².